The number of rotatable bonds is 4. The van der Waals surface area contributed by atoms with E-state index in [0.717, 1.165) is 15.8 Å². The van der Waals surface area contributed by atoms with Gasteiger partial charge in [-0.25, -0.2) is 9.78 Å². The zero-order valence-electron chi connectivity index (χ0n) is 14.9. The van der Waals surface area contributed by atoms with Crippen molar-refractivity contribution in [2.24, 2.45) is 0 Å². The van der Waals surface area contributed by atoms with Crippen molar-refractivity contribution >= 4 is 39.0 Å². The van der Waals surface area contributed by atoms with E-state index in [-0.39, 0.29) is 6.03 Å². The molecule has 0 aliphatic heterocycles. The quantitative estimate of drug-likeness (QED) is 0.546. The summed E-state index contributed by atoms with van der Waals surface area (Å²) in [6.45, 7) is 2.09. The minimum Gasteiger partial charge on any atom is -0.359 e. The Morgan fingerprint density at radius 1 is 1.29 bits per heavy atom. The van der Waals surface area contributed by atoms with E-state index in [9.17, 15) is 4.79 Å². The molecule has 28 heavy (non-hydrogen) atoms. The molecule has 0 saturated heterocycles. The molecule has 0 spiro atoms. The zero-order chi connectivity index (χ0) is 19.5. The molecule has 4 rings (SSSR count). The third-order valence-electron chi connectivity index (χ3n) is 4.26. The highest BCUT2D eigenvalue weighted by Gasteiger charge is 2.21. The van der Waals surface area contributed by atoms with Gasteiger partial charge in [-0.3, -0.25) is 4.90 Å². The van der Waals surface area contributed by atoms with Gasteiger partial charge in [0, 0.05) is 5.69 Å². The molecule has 2 aromatic carbocycles. The fourth-order valence-electron chi connectivity index (χ4n) is 2.82. The molecule has 0 atom stereocenters. The first-order valence-corrected chi connectivity index (χ1v) is 9.34. The van der Waals surface area contributed by atoms with Crippen molar-refractivity contribution < 1.29 is 9.32 Å². The SMILES string of the molecule is Cc1oncc1N(Cc1ccc2scnc2c1)C(=O)Nc1ccc(C#N)cc1. The topological polar surface area (TPSA) is 95.1 Å². The molecule has 8 heteroatoms. The Hall–Kier alpha value is -3.70. The Labute approximate surface area is 164 Å². The van der Waals surface area contributed by atoms with Crippen LogP contribution in [0.3, 0.4) is 0 Å². The van der Waals surface area contributed by atoms with E-state index in [4.69, 9.17) is 9.78 Å². The Bertz CT molecular complexity index is 1170. The molecule has 0 aliphatic carbocycles. The van der Waals surface area contributed by atoms with Crippen LogP contribution in [0.2, 0.25) is 0 Å². The Morgan fingerprint density at radius 2 is 2.11 bits per heavy atom. The van der Waals surface area contributed by atoms with E-state index in [1.807, 2.05) is 18.2 Å². The summed E-state index contributed by atoms with van der Waals surface area (Å²) in [6.07, 6.45) is 1.52. The fraction of sp³-hybridized carbons (Fsp3) is 0.100. The number of hydrogen-bond acceptors (Lipinski definition) is 6. The second-order valence-electron chi connectivity index (χ2n) is 6.13. The molecule has 0 radical (unpaired) electrons. The van der Waals surface area contributed by atoms with E-state index in [2.05, 4.69) is 21.5 Å². The Balaban J connectivity index is 1.62. The normalized spacial score (nSPS) is 10.6. The third-order valence-corrected chi connectivity index (χ3v) is 5.07. The third kappa shape index (κ3) is 3.56. The first-order valence-electron chi connectivity index (χ1n) is 8.46. The first kappa shape index (κ1) is 17.7. The average molecular weight is 389 g/mol. The minimum absolute atomic E-state index is 0.325. The van der Waals surface area contributed by atoms with E-state index >= 15 is 0 Å². The molecule has 4 aromatic rings. The number of nitrogens with zero attached hydrogens (tertiary/aromatic N) is 4. The molecule has 2 amide bonds. The van der Waals surface area contributed by atoms with Crippen molar-refractivity contribution in [3.05, 3.63) is 71.1 Å². The van der Waals surface area contributed by atoms with E-state index in [0.29, 0.717) is 29.2 Å². The lowest BCUT2D eigenvalue weighted by Crippen LogP contribution is -2.34. The highest BCUT2D eigenvalue weighted by atomic mass is 32.1. The van der Waals surface area contributed by atoms with Crippen molar-refractivity contribution in [1.29, 1.82) is 5.26 Å². The van der Waals surface area contributed by atoms with Gasteiger partial charge in [-0.05, 0) is 48.9 Å². The number of hydrogen-bond donors (Lipinski definition) is 1. The molecule has 0 saturated carbocycles. The average Bonchev–Trinajstić information content (AvgIpc) is 3.35. The largest absolute Gasteiger partial charge is 0.359 e. The summed E-state index contributed by atoms with van der Waals surface area (Å²) in [7, 11) is 0. The summed E-state index contributed by atoms with van der Waals surface area (Å²) in [5, 5.41) is 15.6. The van der Waals surface area contributed by atoms with Gasteiger partial charge in [0.05, 0.1) is 40.1 Å². The van der Waals surface area contributed by atoms with Crippen LogP contribution in [0, 0.1) is 18.3 Å². The molecule has 2 heterocycles. The van der Waals surface area contributed by atoms with E-state index in [1.165, 1.54) is 6.20 Å². The maximum atomic E-state index is 13.0. The van der Waals surface area contributed by atoms with Gasteiger partial charge in [-0.2, -0.15) is 5.26 Å². The maximum absolute atomic E-state index is 13.0. The predicted octanol–water partition coefficient (Wildman–Crippen LogP) is 4.70. The number of benzene rings is 2. The lowest BCUT2D eigenvalue weighted by molar-refractivity contribution is 0.256. The summed E-state index contributed by atoms with van der Waals surface area (Å²) in [6, 6.07) is 14.4. The molecule has 0 fully saturated rings. The summed E-state index contributed by atoms with van der Waals surface area (Å²) >= 11 is 1.57. The van der Waals surface area contributed by atoms with Gasteiger partial charge in [0.2, 0.25) is 0 Å². The van der Waals surface area contributed by atoms with Crippen LogP contribution in [0.4, 0.5) is 16.2 Å². The van der Waals surface area contributed by atoms with Crippen LogP contribution < -0.4 is 10.2 Å². The number of nitriles is 1. The van der Waals surface area contributed by atoms with Gasteiger partial charge >= 0.3 is 6.03 Å². The number of aromatic nitrogens is 2. The number of aryl methyl sites for hydroxylation is 1. The van der Waals surface area contributed by atoms with Gasteiger partial charge in [0.1, 0.15) is 5.69 Å². The summed E-state index contributed by atoms with van der Waals surface area (Å²) in [4.78, 5) is 18.9. The molecule has 0 unspecified atom stereocenters. The van der Waals surface area contributed by atoms with Crippen molar-refractivity contribution in [2.45, 2.75) is 13.5 Å². The summed E-state index contributed by atoms with van der Waals surface area (Å²) in [5.74, 6) is 0.546. The van der Waals surface area contributed by atoms with Crippen LogP contribution in [0.15, 0.2) is 58.7 Å². The number of nitrogens with one attached hydrogen (secondary N) is 1. The van der Waals surface area contributed by atoms with Gasteiger partial charge < -0.3 is 9.84 Å². The standard InChI is InChI=1S/C20H15N5O2S/c1-13-18(10-23-27-13)25(11-15-4-7-19-17(8-15)22-12-28-19)20(26)24-16-5-2-14(9-21)3-6-16/h2-8,10,12H,11H2,1H3,(H,24,26). The van der Waals surface area contributed by atoms with Gasteiger partial charge in [0.15, 0.2) is 5.76 Å². The fourth-order valence-corrected chi connectivity index (χ4v) is 3.48. The number of carbonyl (C=O) groups excluding carboxylic acids is 1. The number of amides is 2. The molecule has 7 nitrogen and oxygen atoms in total. The van der Waals surface area contributed by atoms with Crippen LogP contribution in [0.1, 0.15) is 16.9 Å². The molecule has 138 valence electrons. The van der Waals surface area contributed by atoms with Gasteiger partial charge in [-0.1, -0.05) is 11.2 Å². The Kier molecular flexibility index (Phi) is 4.74. The predicted molar refractivity (Wildman–Crippen MR) is 107 cm³/mol. The number of urea groups is 1. The smallest absolute Gasteiger partial charge is 0.326 e. The maximum Gasteiger partial charge on any atom is 0.326 e. The number of carbonyl (C=O) groups is 1. The molecular formula is C20H15N5O2S. The van der Waals surface area contributed by atoms with Crippen molar-refractivity contribution in [1.82, 2.24) is 10.1 Å². The number of anilines is 2. The first-order chi connectivity index (χ1) is 13.6. The van der Waals surface area contributed by atoms with Crippen LogP contribution in [0.25, 0.3) is 10.2 Å². The van der Waals surface area contributed by atoms with Crippen molar-refractivity contribution in [2.75, 3.05) is 10.2 Å². The summed E-state index contributed by atoms with van der Waals surface area (Å²) < 4.78 is 6.25. The van der Waals surface area contributed by atoms with Gasteiger partial charge in [0.25, 0.3) is 0 Å². The van der Waals surface area contributed by atoms with Gasteiger partial charge in [-0.15, -0.1) is 11.3 Å². The molecule has 0 bridgehead atoms. The molecule has 0 aliphatic rings. The van der Waals surface area contributed by atoms with E-state index < -0.39 is 0 Å². The highest BCUT2D eigenvalue weighted by Crippen LogP contribution is 2.25. The minimum atomic E-state index is -0.325. The second-order valence-corrected chi connectivity index (χ2v) is 7.01. The second kappa shape index (κ2) is 7.50. The van der Waals surface area contributed by atoms with Crippen molar-refractivity contribution in [3.63, 3.8) is 0 Å². The van der Waals surface area contributed by atoms with Crippen LogP contribution in [-0.4, -0.2) is 16.2 Å². The van der Waals surface area contributed by atoms with Crippen LogP contribution in [-0.2, 0) is 6.54 Å². The number of fused-ring (bicyclic) bond motifs is 1. The van der Waals surface area contributed by atoms with Crippen molar-refractivity contribution in [3.8, 4) is 6.07 Å². The lowest BCUT2D eigenvalue weighted by Gasteiger charge is -2.22. The van der Waals surface area contributed by atoms with Crippen LogP contribution >= 0.6 is 11.3 Å². The number of thiazole rings is 1. The summed E-state index contributed by atoms with van der Waals surface area (Å²) in [5.41, 5.74) is 5.35. The molecule has 1 N–H and O–H groups in total. The Morgan fingerprint density at radius 3 is 2.82 bits per heavy atom. The molecule has 2 aromatic heterocycles. The monoisotopic (exact) mass is 389 g/mol. The molecular weight excluding hydrogens is 374 g/mol. The van der Waals surface area contributed by atoms with E-state index in [1.54, 1.807) is 52.9 Å². The zero-order valence-corrected chi connectivity index (χ0v) is 15.7. The lowest BCUT2D eigenvalue weighted by atomic mass is 10.2. The van der Waals surface area contributed by atoms with Crippen LogP contribution in [0.5, 0.6) is 0 Å². The highest BCUT2D eigenvalue weighted by molar-refractivity contribution is 7.16.